The summed E-state index contributed by atoms with van der Waals surface area (Å²) in [7, 11) is 5.17. The Hall–Kier alpha value is -3.59. The molecule has 0 saturated carbocycles. The summed E-state index contributed by atoms with van der Waals surface area (Å²) in [6.45, 7) is 5.01. The van der Waals surface area contributed by atoms with Crippen molar-refractivity contribution in [3.05, 3.63) is 52.5 Å². The zero-order valence-electron chi connectivity index (χ0n) is 19.6. The maximum absolute atomic E-state index is 12.7. The Morgan fingerprint density at radius 1 is 1.27 bits per heavy atom. The van der Waals surface area contributed by atoms with E-state index in [9.17, 15) is 9.59 Å². The van der Waals surface area contributed by atoms with Crippen molar-refractivity contribution in [2.75, 3.05) is 32.6 Å². The van der Waals surface area contributed by atoms with E-state index in [-0.39, 0.29) is 11.8 Å². The van der Waals surface area contributed by atoms with Gasteiger partial charge < -0.3 is 24.7 Å². The average Bonchev–Trinajstić information content (AvgIpc) is 3.43. The van der Waals surface area contributed by atoms with Crippen molar-refractivity contribution in [2.45, 2.75) is 26.9 Å². The number of H-pyrrole nitrogens is 1. The lowest BCUT2D eigenvalue weighted by Crippen LogP contribution is -2.30. The molecule has 2 N–H and O–H groups in total. The van der Waals surface area contributed by atoms with E-state index in [1.807, 2.05) is 43.8 Å². The molecule has 1 aromatic carbocycles. The summed E-state index contributed by atoms with van der Waals surface area (Å²) in [5.74, 6) is 0.351. The maximum atomic E-state index is 12.7. The van der Waals surface area contributed by atoms with Crippen LogP contribution in [-0.2, 0) is 29.6 Å². The first kappa shape index (κ1) is 22.6. The number of aromatic nitrogens is 3. The molecule has 3 heterocycles. The van der Waals surface area contributed by atoms with Crippen molar-refractivity contribution in [2.24, 2.45) is 7.05 Å². The molecular formula is C24H29N5O4. The molecule has 0 spiro atoms. The van der Waals surface area contributed by atoms with Gasteiger partial charge in [0.25, 0.3) is 5.91 Å². The third kappa shape index (κ3) is 4.49. The molecule has 2 aromatic heterocycles. The summed E-state index contributed by atoms with van der Waals surface area (Å²) >= 11 is 0. The van der Waals surface area contributed by atoms with Crippen LogP contribution in [0.5, 0.6) is 5.88 Å². The van der Waals surface area contributed by atoms with Crippen LogP contribution >= 0.6 is 0 Å². The second-order valence-corrected chi connectivity index (χ2v) is 8.31. The molecule has 0 bridgehead atoms. The fraction of sp³-hybridized carbons (Fsp3) is 0.375. The van der Waals surface area contributed by atoms with Crippen molar-refractivity contribution in [3.63, 3.8) is 0 Å². The van der Waals surface area contributed by atoms with Gasteiger partial charge >= 0.3 is 0 Å². The number of rotatable bonds is 8. The zero-order chi connectivity index (χ0) is 23.7. The molecule has 9 nitrogen and oxygen atoms in total. The van der Waals surface area contributed by atoms with Crippen molar-refractivity contribution in [1.82, 2.24) is 19.7 Å². The van der Waals surface area contributed by atoms with Gasteiger partial charge in [-0.25, -0.2) is 0 Å². The number of carbonyl (C=O) groups is 2. The van der Waals surface area contributed by atoms with E-state index >= 15 is 0 Å². The first-order valence-corrected chi connectivity index (χ1v) is 10.8. The van der Waals surface area contributed by atoms with Crippen LogP contribution in [0.1, 0.15) is 33.0 Å². The number of amides is 2. The highest BCUT2D eigenvalue weighted by Gasteiger charge is 2.22. The molecule has 174 valence electrons. The minimum Gasteiger partial charge on any atom is -0.482 e. The van der Waals surface area contributed by atoms with E-state index in [1.54, 1.807) is 18.0 Å². The van der Waals surface area contributed by atoms with E-state index in [0.29, 0.717) is 37.6 Å². The Labute approximate surface area is 192 Å². The van der Waals surface area contributed by atoms with Gasteiger partial charge in [-0.2, -0.15) is 5.10 Å². The summed E-state index contributed by atoms with van der Waals surface area (Å²) in [6, 6.07) is 7.75. The standard InChI is InChI=1S/C24H29N5O4/c1-14-10-18(23(25-14)32-5)24(31)28(3)8-9-33-13-20-22(15(2)27-29(20)4)16-6-7-19-17(11-16)12-21(30)26-19/h6-7,10-11,25H,8-9,12-13H2,1-5H3,(H,26,30). The molecule has 1 aliphatic heterocycles. The molecule has 1 aliphatic rings. The van der Waals surface area contributed by atoms with E-state index < -0.39 is 0 Å². The van der Waals surface area contributed by atoms with Crippen LogP contribution in [0.2, 0.25) is 0 Å². The lowest BCUT2D eigenvalue weighted by molar-refractivity contribution is -0.115. The molecule has 0 unspecified atom stereocenters. The number of fused-ring (bicyclic) bond motifs is 1. The van der Waals surface area contributed by atoms with Crippen LogP contribution in [0.4, 0.5) is 5.69 Å². The molecule has 0 atom stereocenters. The van der Waals surface area contributed by atoms with Crippen LogP contribution < -0.4 is 10.1 Å². The lowest BCUT2D eigenvalue weighted by Gasteiger charge is -2.17. The van der Waals surface area contributed by atoms with Crippen LogP contribution in [0.3, 0.4) is 0 Å². The number of ether oxygens (including phenoxy) is 2. The number of methoxy groups -OCH3 is 1. The molecule has 0 aliphatic carbocycles. The van der Waals surface area contributed by atoms with Gasteiger partial charge in [0.05, 0.1) is 38.1 Å². The Balaban J connectivity index is 1.41. The minimum absolute atomic E-state index is 0.0136. The topological polar surface area (TPSA) is 101 Å². The number of nitrogens with one attached hydrogen (secondary N) is 2. The Morgan fingerprint density at radius 2 is 2.06 bits per heavy atom. The van der Waals surface area contributed by atoms with Crippen LogP contribution in [0, 0.1) is 13.8 Å². The summed E-state index contributed by atoms with van der Waals surface area (Å²) in [4.78, 5) is 29.1. The first-order valence-electron chi connectivity index (χ1n) is 10.8. The fourth-order valence-electron chi connectivity index (χ4n) is 4.19. The third-order valence-corrected chi connectivity index (χ3v) is 5.87. The van der Waals surface area contributed by atoms with E-state index in [1.165, 1.54) is 7.11 Å². The predicted molar refractivity (Wildman–Crippen MR) is 124 cm³/mol. The van der Waals surface area contributed by atoms with E-state index in [2.05, 4.69) is 15.4 Å². The van der Waals surface area contributed by atoms with Gasteiger partial charge in [-0.1, -0.05) is 6.07 Å². The average molecular weight is 452 g/mol. The second-order valence-electron chi connectivity index (χ2n) is 8.31. The zero-order valence-corrected chi connectivity index (χ0v) is 19.6. The Bertz CT molecular complexity index is 1210. The summed E-state index contributed by atoms with van der Waals surface area (Å²) in [5, 5.41) is 7.44. The largest absolute Gasteiger partial charge is 0.482 e. The summed E-state index contributed by atoms with van der Waals surface area (Å²) in [6.07, 6.45) is 0.389. The first-order chi connectivity index (χ1) is 15.8. The van der Waals surface area contributed by atoms with E-state index in [4.69, 9.17) is 9.47 Å². The van der Waals surface area contributed by atoms with Gasteiger partial charge in [0.2, 0.25) is 11.8 Å². The summed E-state index contributed by atoms with van der Waals surface area (Å²) in [5.41, 5.74) is 7.09. The van der Waals surface area contributed by atoms with Crippen LogP contribution in [-0.4, -0.2) is 58.8 Å². The molecule has 9 heteroatoms. The van der Waals surface area contributed by atoms with Gasteiger partial charge in [-0.3, -0.25) is 14.3 Å². The molecule has 33 heavy (non-hydrogen) atoms. The monoisotopic (exact) mass is 451 g/mol. The number of aromatic amines is 1. The number of hydrogen-bond acceptors (Lipinski definition) is 5. The highest BCUT2D eigenvalue weighted by molar-refractivity contribution is 5.99. The van der Waals surface area contributed by atoms with Crippen molar-refractivity contribution >= 4 is 17.5 Å². The van der Waals surface area contributed by atoms with Gasteiger partial charge in [0.15, 0.2) is 0 Å². The van der Waals surface area contributed by atoms with Crippen molar-refractivity contribution in [1.29, 1.82) is 0 Å². The Kier molecular flexibility index (Phi) is 6.24. The molecule has 0 radical (unpaired) electrons. The Morgan fingerprint density at radius 3 is 2.82 bits per heavy atom. The quantitative estimate of drug-likeness (QED) is 0.513. The van der Waals surface area contributed by atoms with Crippen LogP contribution in [0.15, 0.2) is 24.3 Å². The molecule has 3 aromatic rings. The smallest absolute Gasteiger partial charge is 0.259 e. The SMILES string of the molecule is COc1[nH]c(C)cc1C(=O)N(C)CCOCc1c(-c2ccc3c(c2)CC(=O)N3)c(C)nn1C. The van der Waals surface area contributed by atoms with Gasteiger partial charge in [0, 0.05) is 37.6 Å². The normalized spacial score (nSPS) is 12.6. The van der Waals surface area contributed by atoms with E-state index in [0.717, 1.165) is 39.5 Å². The number of likely N-dealkylation sites (N-methyl/N-ethyl adjacent to an activating group) is 1. The number of carbonyl (C=O) groups excluding carboxylic acids is 2. The number of nitrogens with zero attached hydrogens (tertiary/aromatic N) is 3. The third-order valence-electron chi connectivity index (χ3n) is 5.87. The fourth-order valence-corrected chi connectivity index (χ4v) is 4.19. The van der Waals surface area contributed by atoms with Gasteiger partial charge in [-0.15, -0.1) is 0 Å². The van der Waals surface area contributed by atoms with Crippen molar-refractivity contribution < 1.29 is 19.1 Å². The molecular weight excluding hydrogens is 422 g/mol. The summed E-state index contributed by atoms with van der Waals surface area (Å²) < 4.78 is 13.0. The molecule has 0 saturated heterocycles. The number of hydrogen-bond donors (Lipinski definition) is 2. The van der Waals surface area contributed by atoms with Gasteiger partial charge in [0.1, 0.15) is 5.56 Å². The van der Waals surface area contributed by atoms with Crippen LogP contribution in [0.25, 0.3) is 11.1 Å². The second kappa shape index (κ2) is 9.11. The molecule has 2 amide bonds. The van der Waals surface area contributed by atoms with Gasteiger partial charge in [-0.05, 0) is 43.2 Å². The number of benzene rings is 1. The van der Waals surface area contributed by atoms with Crippen molar-refractivity contribution in [3.8, 4) is 17.0 Å². The highest BCUT2D eigenvalue weighted by Crippen LogP contribution is 2.33. The lowest BCUT2D eigenvalue weighted by atomic mass is 10.00. The molecule has 4 rings (SSSR count). The maximum Gasteiger partial charge on any atom is 0.259 e. The highest BCUT2D eigenvalue weighted by atomic mass is 16.5. The molecule has 0 fully saturated rings. The number of aryl methyl sites for hydroxylation is 3. The number of anilines is 1. The minimum atomic E-state index is -0.127. The predicted octanol–water partition coefficient (Wildman–Crippen LogP) is 2.82.